The summed E-state index contributed by atoms with van der Waals surface area (Å²) in [6, 6.07) is 11.5. The van der Waals surface area contributed by atoms with Crippen LogP contribution in [0.3, 0.4) is 0 Å². The Labute approximate surface area is 163 Å². The standard InChI is InChI=1S/C20H22N2O4S/c1-4-25-16(23)12-27-19-15(11-21)18(14-9-7-6-8-10-14)17(13(3)22-19)20(24)26-5-2/h6-10,18,22H,4-5,12H2,1-3H3/t18-/m0/s1. The van der Waals surface area contributed by atoms with Crippen LogP contribution in [0.1, 0.15) is 32.3 Å². The molecule has 0 radical (unpaired) electrons. The smallest absolute Gasteiger partial charge is 0.336 e. The number of benzene rings is 1. The molecule has 1 aliphatic rings. The fourth-order valence-corrected chi connectivity index (χ4v) is 3.71. The molecule has 1 aromatic carbocycles. The molecule has 0 amide bonds. The molecule has 1 aromatic rings. The van der Waals surface area contributed by atoms with Crippen molar-refractivity contribution in [3.63, 3.8) is 0 Å². The van der Waals surface area contributed by atoms with Gasteiger partial charge < -0.3 is 14.8 Å². The van der Waals surface area contributed by atoms with Crippen LogP contribution in [0.5, 0.6) is 0 Å². The Bertz CT molecular complexity index is 809. The highest BCUT2D eigenvalue weighted by molar-refractivity contribution is 8.03. The molecule has 27 heavy (non-hydrogen) atoms. The van der Waals surface area contributed by atoms with E-state index in [-0.39, 0.29) is 18.3 Å². The first-order valence-corrected chi connectivity index (χ1v) is 9.64. The van der Waals surface area contributed by atoms with Gasteiger partial charge in [0.15, 0.2) is 0 Å². The van der Waals surface area contributed by atoms with Crippen LogP contribution in [-0.4, -0.2) is 30.9 Å². The zero-order chi connectivity index (χ0) is 19.8. The minimum Gasteiger partial charge on any atom is -0.465 e. The monoisotopic (exact) mass is 386 g/mol. The maximum absolute atomic E-state index is 12.6. The van der Waals surface area contributed by atoms with Gasteiger partial charge in [0.25, 0.3) is 0 Å². The molecule has 7 heteroatoms. The third kappa shape index (κ3) is 4.92. The lowest BCUT2D eigenvalue weighted by atomic mass is 9.82. The molecule has 0 fully saturated rings. The van der Waals surface area contributed by atoms with Crippen LogP contribution in [0.4, 0.5) is 0 Å². The second-order valence-electron chi connectivity index (χ2n) is 5.68. The van der Waals surface area contributed by atoms with Crippen LogP contribution in [0.15, 0.2) is 52.2 Å². The van der Waals surface area contributed by atoms with Crippen molar-refractivity contribution in [3.8, 4) is 6.07 Å². The number of rotatable bonds is 7. The largest absolute Gasteiger partial charge is 0.465 e. The van der Waals surface area contributed by atoms with Gasteiger partial charge in [-0.15, -0.1) is 0 Å². The van der Waals surface area contributed by atoms with E-state index in [2.05, 4.69) is 11.4 Å². The van der Waals surface area contributed by atoms with Gasteiger partial charge in [-0.1, -0.05) is 42.1 Å². The van der Waals surface area contributed by atoms with Gasteiger partial charge in [0.1, 0.15) is 0 Å². The molecule has 0 saturated carbocycles. The summed E-state index contributed by atoms with van der Waals surface area (Å²) in [5.74, 6) is -1.30. The van der Waals surface area contributed by atoms with Crippen LogP contribution in [0.2, 0.25) is 0 Å². The zero-order valence-electron chi connectivity index (χ0n) is 15.6. The third-order valence-corrected chi connectivity index (χ3v) is 4.91. The number of dihydropyridines is 1. The Kier molecular flexibility index (Phi) is 7.50. The molecule has 0 aliphatic carbocycles. The van der Waals surface area contributed by atoms with E-state index in [4.69, 9.17) is 9.47 Å². The molecule has 0 unspecified atom stereocenters. The van der Waals surface area contributed by atoms with Crippen LogP contribution >= 0.6 is 11.8 Å². The predicted molar refractivity (Wildman–Crippen MR) is 103 cm³/mol. The molecule has 6 nitrogen and oxygen atoms in total. The number of nitrogens with zero attached hydrogens (tertiary/aromatic N) is 1. The van der Waals surface area contributed by atoms with Crippen molar-refractivity contribution in [1.29, 1.82) is 5.26 Å². The van der Waals surface area contributed by atoms with Gasteiger partial charge in [-0.2, -0.15) is 5.26 Å². The van der Waals surface area contributed by atoms with Gasteiger partial charge in [-0.25, -0.2) is 4.79 Å². The first-order valence-electron chi connectivity index (χ1n) is 8.65. The number of allylic oxidation sites excluding steroid dienone is 2. The maximum Gasteiger partial charge on any atom is 0.336 e. The van der Waals surface area contributed by atoms with Crippen molar-refractivity contribution in [3.05, 3.63) is 57.8 Å². The van der Waals surface area contributed by atoms with Crippen molar-refractivity contribution in [2.24, 2.45) is 0 Å². The molecule has 2 rings (SSSR count). The minimum atomic E-state index is -0.554. The summed E-state index contributed by atoms with van der Waals surface area (Å²) in [6.07, 6.45) is 0. The van der Waals surface area contributed by atoms with E-state index >= 15 is 0 Å². The maximum atomic E-state index is 12.6. The molecule has 1 aliphatic heterocycles. The van der Waals surface area contributed by atoms with E-state index < -0.39 is 11.9 Å². The number of nitrogens with one attached hydrogen (secondary N) is 1. The Morgan fingerprint density at radius 3 is 2.44 bits per heavy atom. The van der Waals surface area contributed by atoms with Gasteiger partial charge in [0.05, 0.1) is 47.1 Å². The number of hydrogen-bond acceptors (Lipinski definition) is 7. The number of carbonyl (C=O) groups excluding carboxylic acids is 2. The first-order chi connectivity index (χ1) is 13.0. The topological polar surface area (TPSA) is 88.4 Å². The lowest BCUT2D eigenvalue weighted by Crippen LogP contribution is -2.29. The second kappa shape index (κ2) is 9.83. The van der Waals surface area contributed by atoms with Crippen molar-refractivity contribution in [2.75, 3.05) is 19.0 Å². The number of carbonyl (C=O) groups is 2. The normalized spacial score (nSPS) is 16.4. The molecule has 1 heterocycles. The molecule has 0 bridgehead atoms. The van der Waals surface area contributed by atoms with Gasteiger partial charge in [-0.05, 0) is 26.3 Å². The highest BCUT2D eigenvalue weighted by atomic mass is 32.2. The van der Waals surface area contributed by atoms with E-state index in [9.17, 15) is 14.9 Å². The Morgan fingerprint density at radius 2 is 1.85 bits per heavy atom. The van der Waals surface area contributed by atoms with Gasteiger partial charge >= 0.3 is 11.9 Å². The number of thioether (sulfide) groups is 1. The summed E-state index contributed by atoms with van der Waals surface area (Å²) >= 11 is 1.19. The summed E-state index contributed by atoms with van der Waals surface area (Å²) in [6.45, 7) is 5.79. The third-order valence-electron chi connectivity index (χ3n) is 3.92. The predicted octanol–water partition coefficient (Wildman–Crippen LogP) is 3.24. The SMILES string of the molecule is CCOC(=O)CSC1=C(C#N)[C@H](c2ccccc2)C(C(=O)OCC)=C(C)N1. The van der Waals surface area contributed by atoms with E-state index in [1.807, 2.05) is 30.3 Å². The molecular weight excluding hydrogens is 364 g/mol. The number of esters is 2. The van der Waals surface area contributed by atoms with Gasteiger partial charge in [0, 0.05) is 5.70 Å². The molecule has 0 saturated heterocycles. The Morgan fingerprint density at radius 1 is 1.19 bits per heavy atom. The molecular formula is C20H22N2O4S. The Hall–Kier alpha value is -2.72. The van der Waals surface area contributed by atoms with Crippen molar-refractivity contribution in [2.45, 2.75) is 26.7 Å². The second-order valence-corrected chi connectivity index (χ2v) is 6.66. The van der Waals surface area contributed by atoms with Crippen LogP contribution in [0, 0.1) is 11.3 Å². The van der Waals surface area contributed by atoms with Crippen LogP contribution in [-0.2, 0) is 19.1 Å². The zero-order valence-corrected chi connectivity index (χ0v) is 16.4. The minimum absolute atomic E-state index is 0.0743. The fourth-order valence-electron chi connectivity index (χ4n) is 2.82. The summed E-state index contributed by atoms with van der Waals surface area (Å²) < 4.78 is 10.2. The van der Waals surface area contributed by atoms with E-state index in [0.29, 0.717) is 28.5 Å². The van der Waals surface area contributed by atoms with Crippen LogP contribution < -0.4 is 5.32 Å². The average molecular weight is 386 g/mol. The van der Waals surface area contributed by atoms with Crippen molar-refractivity contribution < 1.29 is 19.1 Å². The van der Waals surface area contributed by atoms with E-state index in [1.54, 1.807) is 20.8 Å². The Balaban J connectivity index is 2.46. The van der Waals surface area contributed by atoms with Gasteiger partial charge in [-0.3, -0.25) is 4.79 Å². The molecule has 1 N–H and O–H groups in total. The number of nitriles is 1. The molecule has 0 aromatic heterocycles. The summed E-state index contributed by atoms with van der Waals surface area (Å²) in [5.41, 5.74) is 2.20. The summed E-state index contributed by atoms with van der Waals surface area (Å²) in [7, 11) is 0. The summed E-state index contributed by atoms with van der Waals surface area (Å²) in [5, 5.41) is 13.5. The lowest BCUT2D eigenvalue weighted by molar-refractivity contribution is -0.140. The highest BCUT2D eigenvalue weighted by Gasteiger charge is 2.35. The number of ether oxygens (including phenoxy) is 2. The number of hydrogen-bond donors (Lipinski definition) is 1. The fraction of sp³-hybridized carbons (Fsp3) is 0.350. The summed E-state index contributed by atoms with van der Waals surface area (Å²) in [4.78, 5) is 24.3. The van der Waals surface area contributed by atoms with E-state index in [0.717, 1.165) is 5.56 Å². The van der Waals surface area contributed by atoms with Crippen molar-refractivity contribution in [1.82, 2.24) is 5.32 Å². The average Bonchev–Trinajstić information content (AvgIpc) is 2.66. The quantitative estimate of drug-likeness (QED) is 0.720. The molecule has 0 spiro atoms. The van der Waals surface area contributed by atoms with Gasteiger partial charge in [0.2, 0.25) is 0 Å². The molecule has 1 atom stereocenters. The highest BCUT2D eigenvalue weighted by Crippen LogP contribution is 2.40. The first kappa shape index (κ1) is 20.6. The van der Waals surface area contributed by atoms with Crippen LogP contribution in [0.25, 0.3) is 0 Å². The van der Waals surface area contributed by atoms with E-state index in [1.165, 1.54) is 11.8 Å². The lowest BCUT2D eigenvalue weighted by Gasteiger charge is -2.29. The van der Waals surface area contributed by atoms with Crippen molar-refractivity contribution >= 4 is 23.7 Å². The molecule has 142 valence electrons.